The van der Waals surface area contributed by atoms with Crippen molar-refractivity contribution in [2.45, 2.75) is 52.1 Å². The molecule has 0 saturated carbocycles. The van der Waals surface area contributed by atoms with Gasteiger partial charge in [0.1, 0.15) is 0 Å². The highest BCUT2D eigenvalue weighted by atomic mass is 15.3. The van der Waals surface area contributed by atoms with E-state index in [9.17, 15) is 0 Å². The Morgan fingerprint density at radius 1 is 1.13 bits per heavy atom. The Hall–Kier alpha value is -0.0800. The lowest BCUT2D eigenvalue weighted by atomic mass is 9.68. The molecule has 2 atom stereocenters. The first kappa shape index (κ1) is 11.4. The van der Waals surface area contributed by atoms with E-state index in [1.165, 1.54) is 32.5 Å². The van der Waals surface area contributed by atoms with Gasteiger partial charge in [0.25, 0.3) is 0 Å². The van der Waals surface area contributed by atoms with Crippen LogP contribution in [0.5, 0.6) is 0 Å². The number of fused-ring (bicyclic) bond motifs is 1. The highest BCUT2D eigenvalue weighted by Gasteiger charge is 2.55. The molecule has 0 spiro atoms. The second-order valence-electron chi connectivity index (χ2n) is 6.36. The van der Waals surface area contributed by atoms with Crippen LogP contribution in [0, 0.1) is 5.41 Å². The van der Waals surface area contributed by atoms with Gasteiger partial charge in [0.05, 0.1) is 0 Å². The summed E-state index contributed by atoms with van der Waals surface area (Å²) in [7, 11) is 2.31. The van der Waals surface area contributed by atoms with Crippen molar-refractivity contribution in [3.63, 3.8) is 0 Å². The maximum atomic E-state index is 2.65. The number of piperidine rings is 1. The minimum absolute atomic E-state index is 0.398. The van der Waals surface area contributed by atoms with Crippen molar-refractivity contribution in [2.75, 3.05) is 26.7 Å². The zero-order valence-corrected chi connectivity index (χ0v) is 11.0. The molecule has 88 valence electrons. The molecule has 15 heavy (non-hydrogen) atoms. The molecule has 0 aliphatic carbocycles. The molecule has 0 aromatic carbocycles. The van der Waals surface area contributed by atoms with Crippen LogP contribution in [0.3, 0.4) is 0 Å². The first-order valence-electron chi connectivity index (χ1n) is 6.34. The van der Waals surface area contributed by atoms with Gasteiger partial charge in [-0.1, -0.05) is 6.92 Å². The highest BCUT2D eigenvalue weighted by molar-refractivity contribution is 5.11. The van der Waals surface area contributed by atoms with Crippen molar-refractivity contribution >= 4 is 0 Å². The molecule has 2 heterocycles. The standard InChI is InChI=1S/C13H26N2/c1-11(2)15-9-12(3)7-6-8-14(5)13(12,4)10-15/h11H,6-10H2,1-5H3/t12-,13+/m0/s1. The van der Waals surface area contributed by atoms with Crippen LogP contribution in [0.2, 0.25) is 0 Å². The van der Waals surface area contributed by atoms with E-state index in [0.29, 0.717) is 17.0 Å². The van der Waals surface area contributed by atoms with Gasteiger partial charge in [-0.05, 0) is 52.6 Å². The lowest BCUT2D eigenvalue weighted by Crippen LogP contribution is -2.58. The fourth-order valence-corrected chi connectivity index (χ4v) is 3.51. The van der Waals surface area contributed by atoms with E-state index in [0.717, 1.165) is 0 Å². The molecule has 0 amide bonds. The van der Waals surface area contributed by atoms with Crippen LogP contribution >= 0.6 is 0 Å². The topological polar surface area (TPSA) is 6.48 Å². The summed E-state index contributed by atoms with van der Waals surface area (Å²) in [6.07, 6.45) is 2.77. The molecule has 0 unspecified atom stereocenters. The lowest BCUT2D eigenvalue weighted by Gasteiger charge is -2.50. The first-order valence-corrected chi connectivity index (χ1v) is 6.34. The Kier molecular flexibility index (Phi) is 2.63. The number of likely N-dealkylation sites (N-methyl/N-ethyl adjacent to an activating group) is 1. The summed E-state index contributed by atoms with van der Waals surface area (Å²) < 4.78 is 0. The monoisotopic (exact) mass is 210 g/mol. The Morgan fingerprint density at radius 3 is 2.33 bits per heavy atom. The average Bonchev–Trinajstić information content (AvgIpc) is 2.41. The van der Waals surface area contributed by atoms with Crippen LogP contribution in [-0.2, 0) is 0 Å². The van der Waals surface area contributed by atoms with E-state index in [-0.39, 0.29) is 0 Å². The van der Waals surface area contributed by atoms with Crippen LogP contribution in [0.15, 0.2) is 0 Å². The molecule has 2 aliphatic rings. The molecule has 0 aromatic heterocycles. The molecule has 0 aromatic rings. The largest absolute Gasteiger partial charge is 0.299 e. The van der Waals surface area contributed by atoms with Gasteiger partial charge in [-0.3, -0.25) is 9.80 Å². The Morgan fingerprint density at radius 2 is 1.80 bits per heavy atom. The summed E-state index contributed by atoms with van der Waals surface area (Å²) in [6, 6.07) is 0.692. The third-order valence-corrected chi connectivity index (χ3v) is 5.16. The van der Waals surface area contributed by atoms with Crippen molar-refractivity contribution in [1.29, 1.82) is 0 Å². The van der Waals surface area contributed by atoms with Crippen LogP contribution in [-0.4, -0.2) is 48.1 Å². The SMILES string of the molecule is CC(C)N1C[C@]2(C)CCCN(C)[C@]2(C)C1. The number of hydrogen-bond donors (Lipinski definition) is 0. The van der Waals surface area contributed by atoms with Gasteiger partial charge in [-0.15, -0.1) is 0 Å². The normalized spacial score (nSPS) is 43.6. The van der Waals surface area contributed by atoms with Crippen molar-refractivity contribution < 1.29 is 0 Å². The Bertz CT molecular complexity index is 251. The van der Waals surface area contributed by atoms with Crippen LogP contribution < -0.4 is 0 Å². The van der Waals surface area contributed by atoms with Gasteiger partial charge in [0.15, 0.2) is 0 Å². The van der Waals surface area contributed by atoms with Gasteiger partial charge < -0.3 is 0 Å². The van der Waals surface area contributed by atoms with Crippen LogP contribution in [0.4, 0.5) is 0 Å². The third kappa shape index (κ3) is 1.53. The van der Waals surface area contributed by atoms with Gasteiger partial charge in [-0.25, -0.2) is 0 Å². The van der Waals surface area contributed by atoms with Crippen molar-refractivity contribution in [3.8, 4) is 0 Å². The molecule has 2 fully saturated rings. The fourth-order valence-electron chi connectivity index (χ4n) is 3.51. The van der Waals surface area contributed by atoms with E-state index in [1.54, 1.807) is 0 Å². The smallest absolute Gasteiger partial charge is 0.0371 e. The molecule has 0 bridgehead atoms. The maximum Gasteiger partial charge on any atom is 0.0371 e. The van der Waals surface area contributed by atoms with E-state index >= 15 is 0 Å². The quantitative estimate of drug-likeness (QED) is 0.654. The van der Waals surface area contributed by atoms with Gasteiger partial charge in [-0.2, -0.15) is 0 Å². The molecular weight excluding hydrogens is 184 g/mol. The molecular formula is C13H26N2. The minimum Gasteiger partial charge on any atom is -0.299 e. The first-order chi connectivity index (χ1) is 6.89. The number of rotatable bonds is 1. The van der Waals surface area contributed by atoms with E-state index in [2.05, 4.69) is 44.5 Å². The number of hydrogen-bond acceptors (Lipinski definition) is 2. The summed E-state index contributed by atoms with van der Waals surface area (Å²) in [5.41, 5.74) is 0.903. The molecule has 0 N–H and O–H groups in total. The van der Waals surface area contributed by atoms with E-state index < -0.39 is 0 Å². The molecule has 0 radical (unpaired) electrons. The Balaban J connectivity index is 2.26. The number of nitrogens with zero attached hydrogens (tertiary/aromatic N) is 2. The predicted molar refractivity (Wildman–Crippen MR) is 65.1 cm³/mol. The highest BCUT2D eigenvalue weighted by Crippen LogP contribution is 2.49. The molecule has 2 aliphatic heterocycles. The third-order valence-electron chi connectivity index (χ3n) is 5.16. The molecule has 2 saturated heterocycles. The summed E-state index contributed by atoms with van der Waals surface area (Å²) >= 11 is 0. The van der Waals surface area contributed by atoms with Crippen LogP contribution in [0.25, 0.3) is 0 Å². The molecule has 2 heteroatoms. The lowest BCUT2D eigenvalue weighted by molar-refractivity contribution is 0.00284. The van der Waals surface area contributed by atoms with Crippen LogP contribution in [0.1, 0.15) is 40.5 Å². The summed E-state index contributed by atoms with van der Waals surface area (Å²) in [4.78, 5) is 5.25. The van der Waals surface area contributed by atoms with Gasteiger partial charge >= 0.3 is 0 Å². The second kappa shape index (κ2) is 3.46. The maximum absolute atomic E-state index is 2.65. The van der Waals surface area contributed by atoms with Gasteiger partial charge in [0.2, 0.25) is 0 Å². The molecule has 2 rings (SSSR count). The summed E-state index contributed by atoms with van der Waals surface area (Å²) in [5.74, 6) is 0. The fraction of sp³-hybridized carbons (Fsp3) is 1.00. The summed E-state index contributed by atoms with van der Waals surface area (Å²) in [6.45, 7) is 13.4. The van der Waals surface area contributed by atoms with Crippen molar-refractivity contribution in [3.05, 3.63) is 0 Å². The predicted octanol–water partition coefficient (Wildman–Crippen LogP) is 2.20. The molecule has 2 nitrogen and oxygen atoms in total. The van der Waals surface area contributed by atoms with Crippen molar-refractivity contribution in [1.82, 2.24) is 9.80 Å². The second-order valence-corrected chi connectivity index (χ2v) is 6.36. The summed E-state index contributed by atoms with van der Waals surface area (Å²) in [5, 5.41) is 0. The number of likely N-dealkylation sites (tertiary alicyclic amines) is 2. The van der Waals surface area contributed by atoms with E-state index in [4.69, 9.17) is 0 Å². The average molecular weight is 210 g/mol. The Labute approximate surface area is 94.6 Å². The van der Waals surface area contributed by atoms with E-state index in [1.807, 2.05) is 0 Å². The zero-order valence-electron chi connectivity index (χ0n) is 11.0. The van der Waals surface area contributed by atoms with Gasteiger partial charge in [0, 0.05) is 24.7 Å². The van der Waals surface area contributed by atoms with Crippen molar-refractivity contribution in [2.24, 2.45) is 5.41 Å². The minimum atomic E-state index is 0.398. The zero-order chi connectivity index (χ0) is 11.3.